The van der Waals surface area contributed by atoms with Gasteiger partial charge in [0.2, 0.25) is 0 Å². The lowest BCUT2D eigenvalue weighted by atomic mass is 9.92. The molecule has 30 heavy (non-hydrogen) atoms. The van der Waals surface area contributed by atoms with Crippen LogP contribution in [0.4, 0.5) is 5.82 Å². The first-order valence-electron chi connectivity index (χ1n) is 10.5. The molecule has 0 aliphatic carbocycles. The van der Waals surface area contributed by atoms with Gasteiger partial charge in [-0.3, -0.25) is 4.90 Å². The predicted octanol–water partition coefficient (Wildman–Crippen LogP) is 4.40. The van der Waals surface area contributed by atoms with E-state index in [1.54, 1.807) is 0 Å². The Bertz CT molecular complexity index is 1030. The maximum atomic E-state index is 6.53. The highest BCUT2D eigenvalue weighted by atomic mass is 35.5. The lowest BCUT2D eigenvalue weighted by molar-refractivity contribution is 0.0398. The summed E-state index contributed by atoms with van der Waals surface area (Å²) in [5.74, 6) is 0.958. The molecule has 4 rings (SSSR count). The number of nitrogens with zero attached hydrogens (tertiary/aromatic N) is 4. The molecule has 0 spiro atoms. The second-order valence-corrected chi connectivity index (χ2v) is 9.24. The summed E-state index contributed by atoms with van der Waals surface area (Å²) in [4.78, 5) is 7.44. The normalized spacial score (nSPS) is 15.6. The van der Waals surface area contributed by atoms with Crippen LogP contribution < -0.4 is 5.32 Å². The largest absolute Gasteiger partial charge is 0.379 e. The number of aromatic nitrogens is 3. The molecule has 1 fully saturated rings. The molecular formula is C23H30ClN5O. The van der Waals surface area contributed by atoms with Crippen LogP contribution in [0.3, 0.4) is 0 Å². The number of rotatable bonds is 5. The number of anilines is 1. The highest BCUT2D eigenvalue weighted by Crippen LogP contribution is 2.35. The van der Waals surface area contributed by atoms with E-state index in [0.29, 0.717) is 5.02 Å². The van der Waals surface area contributed by atoms with Gasteiger partial charge in [0.1, 0.15) is 5.82 Å². The van der Waals surface area contributed by atoms with E-state index < -0.39 is 0 Å². The van der Waals surface area contributed by atoms with Gasteiger partial charge < -0.3 is 10.1 Å². The average Bonchev–Trinajstić information content (AvgIpc) is 3.04. The van der Waals surface area contributed by atoms with Gasteiger partial charge in [0.05, 0.1) is 30.2 Å². The number of morpholine rings is 1. The maximum absolute atomic E-state index is 6.53. The summed E-state index contributed by atoms with van der Waals surface area (Å²) in [6.07, 6.45) is 0. The molecule has 3 heterocycles. The van der Waals surface area contributed by atoms with Crippen LogP contribution in [0.2, 0.25) is 5.02 Å². The molecule has 0 unspecified atom stereocenters. The number of fused-ring (bicyclic) bond motifs is 1. The van der Waals surface area contributed by atoms with E-state index in [-0.39, 0.29) is 5.41 Å². The molecule has 6 nitrogen and oxygen atoms in total. The first kappa shape index (κ1) is 21.1. The van der Waals surface area contributed by atoms with Gasteiger partial charge in [0, 0.05) is 48.2 Å². The Balaban J connectivity index is 1.74. The second-order valence-electron chi connectivity index (χ2n) is 8.83. The lowest BCUT2D eigenvalue weighted by Gasteiger charge is -2.26. The molecular weight excluding hydrogens is 398 g/mol. The van der Waals surface area contributed by atoms with Crippen molar-refractivity contribution >= 4 is 23.1 Å². The van der Waals surface area contributed by atoms with Gasteiger partial charge in [-0.2, -0.15) is 9.61 Å². The van der Waals surface area contributed by atoms with Gasteiger partial charge in [-0.1, -0.05) is 50.6 Å². The number of aryl methyl sites for hydroxylation is 1. The lowest BCUT2D eigenvalue weighted by Crippen LogP contribution is -2.39. The van der Waals surface area contributed by atoms with Gasteiger partial charge in [-0.25, -0.2) is 4.98 Å². The van der Waals surface area contributed by atoms with Crippen molar-refractivity contribution in [3.63, 3.8) is 0 Å². The molecule has 0 saturated carbocycles. The van der Waals surface area contributed by atoms with Gasteiger partial charge in [-0.15, -0.1) is 0 Å². The fraction of sp³-hybridized carbons (Fsp3) is 0.478. The van der Waals surface area contributed by atoms with Crippen molar-refractivity contribution in [2.75, 3.05) is 44.7 Å². The van der Waals surface area contributed by atoms with Crippen LogP contribution in [0.5, 0.6) is 0 Å². The number of hydrogen-bond acceptors (Lipinski definition) is 5. The van der Waals surface area contributed by atoms with E-state index in [0.717, 1.165) is 73.4 Å². The SMILES string of the molecule is Cc1nn2c(NCCN3CCOCC3)cc(C(C)(C)C)nc2c1-c1ccccc1Cl. The van der Waals surface area contributed by atoms with Crippen LogP contribution in [0.25, 0.3) is 16.8 Å². The van der Waals surface area contributed by atoms with Crippen molar-refractivity contribution < 1.29 is 4.74 Å². The molecule has 1 N–H and O–H groups in total. The van der Waals surface area contributed by atoms with Gasteiger partial charge >= 0.3 is 0 Å². The standard InChI is InChI=1S/C23H30ClN5O/c1-16-21(17-7-5-6-8-18(17)24)22-26-19(23(2,3)4)15-20(29(22)27-16)25-9-10-28-11-13-30-14-12-28/h5-8,15,25H,9-14H2,1-4H3. The number of benzene rings is 1. The van der Waals surface area contributed by atoms with E-state index in [4.69, 9.17) is 26.4 Å². The number of halogens is 1. The number of ether oxygens (including phenoxy) is 1. The fourth-order valence-electron chi connectivity index (χ4n) is 3.78. The molecule has 3 aromatic rings. The second kappa shape index (κ2) is 8.53. The topological polar surface area (TPSA) is 54.7 Å². The zero-order chi connectivity index (χ0) is 21.3. The maximum Gasteiger partial charge on any atom is 0.165 e. The highest BCUT2D eigenvalue weighted by molar-refractivity contribution is 6.33. The van der Waals surface area contributed by atoms with E-state index in [1.165, 1.54) is 0 Å². The smallest absolute Gasteiger partial charge is 0.165 e. The number of nitrogens with one attached hydrogen (secondary N) is 1. The first-order chi connectivity index (χ1) is 14.3. The predicted molar refractivity (Wildman–Crippen MR) is 123 cm³/mol. The molecule has 160 valence electrons. The summed E-state index contributed by atoms with van der Waals surface area (Å²) >= 11 is 6.53. The molecule has 1 saturated heterocycles. The van der Waals surface area contributed by atoms with Crippen molar-refractivity contribution in [1.82, 2.24) is 19.5 Å². The van der Waals surface area contributed by atoms with Crippen LogP contribution in [0.15, 0.2) is 30.3 Å². The molecule has 1 aliphatic heterocycles. The zero-order valence-corrected chi connectivity index (χ0v) is 19.0. The molecule has 0 radical (unpaired) electrons. The minimum absolute atomic E-state index is 0.0850. The Morgan fingerprint density at radius 2 is 1.90 bits per heavy atom. The minimum atomic E-state index is -0.0850. The summed E-state index contributed by atoms with van der Waals surface area (Å²) in [6.45, 7) is 14.0. The van der Waals surface area contributed by atoms with Crippen molar-refractivity contribution in [3.8, 4) is 11.1 Å². The van der Waals surface area contributed by atoms with E-state index >= 15 is 0 Å². The van der Waals surface area contributed by atoms with Gasteiger partial charge in [0.25, 0.3) is 0 Å². The highest BCUT2D eigenvalue weighted by Gasteiger charge is 2.23. The van der Waals surface area contributed by atoms with E-state index in [9.17, 15) is 0 Å². The van der Waals surface area contributed by atoms with Crippen molar-refractivity contribution in [2.45, 2.75) is 33.1 Å². The van der Waals surface area contributed by atoms with Gasteiger partial charge in [-0.05, 0) is 13.0 Å². The van der Waals surface area contributed by atoms with Crippen LogP contribution in [0.1, 0.15) is 32.2 Å². The van der Waals surface area contributed by atoms with Crippen LogP contribution in [0, 0.1) is 6.92 Å². The summed E-state index contributed by atoms with van der Waals surface area (Å²) in [5, 5.41) is 9.13. The zero-order valence-electron chi connectivity index (χ0n) is 18.2. The first-order valence-corrected chi connectivity index (χ1v) is 10.9. The third kappa shape index (κ3) is 4.31. The van der Waals surface area contributed by atoms with E-state index in [2.05, 4.69) is 37.1 Å². The Morgan fingerprint density at radius 3 is 2.60 bits per heavy atom. The summed E-state index contributed by atoms with van der Waals surface area (Å²) in [6, 6.07) is 10.0. The van der Waals surface area contributed by atoms with Crippen molar-refractivity contribution in [3.05, 3.63) is 46.7 Å². The number of hydrogen-bond donors (Lipinski definition) is 1. The average molecular weight is 428 g/mol. The Labute approximate surface area is 183 Å². The summed E-state index contributed by atoms with van der Waals surface area (Å²) in [5.41, 5.74) is 4.64. The van der Waals surface area contributed by atoms with Crippen LogP contribution in [-0.2, 0) is 10.2 Å². The molecule has 0 bridgehead atoms. The van der Waals surface area contributed by atoms with Gasteiger partial charge in [0.15, 0.2) is 5.65 Å². The summed E-state index contributed by atoms with van der Waals surface area (Å²) < 4.78 is 7.37. The third-order valence-electron chi connectivity index (χ3n) is 5.51. The molecule has 2 aromatic heterocycles. The molecule has 1 aliphatic rings. The van der Waals surface area contributed by atoms with Crippen molar-refractivity contribution in [1.29, 1.82) is 0 Å². The molecule has 7 heteroatoms. The monoisotopic (exact) mass is 427 g/mol. The Hall–Kier alpha value is -2.15. The Morgan fingerprint density at radius 1 is 1.17 bits per heavy atom. The van der Waals surface area contributed by atoms with Crippen LogP contribution in [-0.4, -0.2) is 58.9 Å². The Kier molecular flexibility index (Phi) is 6.00. The molecule has 0 amide bonds. The van der Waals surface area contributed by atoms with E-state index in [1.807, 2.05) is 35.7 Å². The fourth-order valence-corrected chi connectivity index (χ4v) is 4.01. The van der Waals surface area contributed by atoms with Crippen molar-refractivity contribution in [2.24, 2.45) is 0 Å². The third-order valence-corrected chi connectivity index (χ3v) is 5.84. The molecule has 0 atom stereocenters. The minimum Gasteiger partial charge on any atom is -0.379 e. The quantitative estimate of drug-likeness (QED) is 0.654. The van der Waals surface area contributed by atoms with Crippen LogP contribution >= 0.6 is 11.6 Å². The summed E-state index contributed by atoms with van der Waals surface area (Å²) in [7, 11) is 0. The molecule has 1 aromatic carbocycles.